The number of nitrogens with zero attached hydrogens (tertiary/aromatic N) is 3. The van der Waals surface area contributed by atoms with Crippen molar-refractivity contribution in [2.45, 2.75) is 37.6 Å². The molecule has 2 fully saturated rings. The highest BCUT2D eigenvalue weighted by molar-refractivity contribution is 7.15. The molecule has 7 nitrogen and oxygen atoms in total. The van der Waals surface area contributed by atoms with Gasteiger partial charge in [0.25, 0.3) is 0 Å². The summed E-state index contributed by atoms with van der Waals surface area (Å²) in [5.41, 5.74) is 1.14. The fourth-order valence-electron chi connectivity index (χ4n) is 3.58. The van der Waals surface area contributed by atoms with Gasteiger partial charge in [-0.25, -0.2) is 0 Å². The summed E-state index contributed by atoms with van der Waals surface area (Å²) in [5.74, 6) is 1.95. The number of ether oxygens (including phenoxy) is 2. The van der Waals surface area contributed by atoms with Crippen LogP contribution in [0.1, 0.15) is 48.2 Å². The van der Waals surface area contributed by atoms with Crippen LogP contribution in [0.25, 0.3) is 0 Å². The van der Waals surface area contributed by atoms with Crippen LogP contribution < -0.4 is 14.8 Å². The van der Waals surface area contributed by atoms with E-state index in [0.717, 1.165) is 30.0 Å². The molecular formula is C19H24N4O3S. The fraction of sp³-hybridized carbons (Fsp3) is 0.526. The summed E-state index contributed by atoms with van der Waals surface area (Å²) in [6.07, 6.45) is 4.46. The van der Waals surface area contributed by atoms with Gasteiger partial charge in [0.15, 0.2) is 11.5 Å². The molecule has 1 N–H and O–H groups in total. The summed E-state index contributed by atoms with van der Waals surface area (Å²) in [7, 11) is 3.27. The molecule has 0 spiro atoms. The molecule has 8 heteroatoms. The summed E-state index contributed by atoms with van der Waals surface area (Å²) >= 11 is 1.49. The predicted octanol–water partition coefficient (Wildman–Crippen LogP) is 3.21. The van der Waals surface area contributed by atoms with Crippen molar-refractivity contribution in [2.24, 2.45) is 0 Å². The minimum atomic E-state index is -0.0409. The number of benzene rings is 1. The number of carbonyl (C=O) groups excluding carboxylic acids is 1. The molecule has 2 heterocycles. The molecule has 0 radical (unpaired) electrons. The molecule has 1 unspecified atom stereocenters. The normalized spacial score (nSPS) is 19.9. The van der Waals surface area contributed by atoms with Crippen molar-refractivity contribution in [1.82, 2.24) is 15.1 Å². The van der Waals surface area contributed by atoms with Gasteiger partial charge in [-0.1, -0.05) is 17.4 Å². The van der Waals surface area contributed by atoms with Crippen LogP contribution in [-0.4, -0.2) is 48.3 Å². The minimum absolute atomic E-state index is 0.0409. The van der Waals surface area contributed by atoms with Crippen molar-refractivity contribution in [3.63, 3.8) is 0 Å². The van der Waals surface area contributed by atoms with Crippen molar-refractivity contribution in [1.29, 1.82) is 0 Å². The Kier molecular flexibility index (Phi) is 5.27. The molecule has 1 saturated heterocycles. The van der Waals surface area contributed by atoms with Crippen LogP contribution in [-0.2, 0) is 4.79 Å². The maximum Gasteiger partial charge on any atom is 0.240 e. The summed E-state index contributed by atoms with van der Waals surface area (Å²) in [5, 5.41) is 12.8. The average molecular weight is 388 g/mol. The van der Waals surface area contributed by atoms with Gasteiger partial charge in [0.2, 0.25) is 11.0 Å². The van der Waals surface area contributed by atoms with Gasteiger partial charge in [-0.05, 0) is 49.9 Å². The van der Waals surface area contributed by atoms with E-state index in [9.17, 15) is 4.79 Å². The zero-order valence-electron chi connectivity index (χ0n) is 15.6. The Balaban J connectivity index is 1.41. The molecule has 2 aliphatic rings. The van der Waals surface area contributed by atoms with Crippen LogP contribution in [0.4, 0.5) is 5.13 Å². The van der Waals surface area contributed by atoms with E-state index in [4.69, 9.17) is 9.47 Å². The monoisotopic (exact) mass is 388 g/mol. The van der Waals surface area contributed by atoms with Gasteiger partial charge in [-0.15, -0.1) is 10.2 Å². The first-order valence-corrected chi connectivity index (χ1v) is 10.1. The number of hydrogen-bond donors (Lipinski definition) is 1. The van der Waals surface area contributed by atoms with E-state index in [1.54, 1.807) is 14.2 Å². The zero-order valence-corrected chi connectivity index (χ0v) is 16.4. The van der Waals surface area contributed by atoms with Crippen molar-refractivity contribution in [3.8, 4) is 11.5 Å². The van der Waals surface area contributed by atoms with Gasteiger partial charge < -0.3 is 9.47 Å². The Morgan fingerprint density at radius 3 is 2.78 bits per heavy atom. The Morgan fingerprint density at radius 1 is 1.22 bits per heavy atom. The molecule has 1 aliphatic carbocycles. The second-order valence-electron chi connectivity index (χ2n) is 7.01. The molecule has 1 atom stereocenters. The molecule has 1 aliphatic heterocycles. The number of hydrogen-bond acceptors (Lipinski definition) is 7. The van der Waals surface area contributed by atoms with E-state index in [1.165, 1.54) is 24.2 Å². The van der Waals surface area contributed by atoms with Crippen molar-refractivity contribution < 1.29 is 14.3 Å². The second kappa shape index (κ2) is 7.82. The maximum absolute atomic E-state index is 12.5. The number of nitrogens with one attached hydrogen (secondary N) is 1. The van der Waals surface area contributed by atoms with Crippen LogP contribution in [0.2, 0.25) is 0 Å². The van der Waals surface area contributed by atoms with E-state index in [1.807, 2.05) is 12.1 Å². The van der Waals surface area contributed by atoms with E-state index >= 15 is 0 Å². The van der Waals surface area contributed by atoms with Crippen LogP contribution in [0.5, 0.6) is 11.5 Å². The molecule has 0 bridgehead atoms. The van der Waals surface area contributed by atoms with Crippen LogP contribution in [0, 0.1) is 0 Å². The van der Waals surface area contributed by atoms with Crippen molar-refractivity contribution in [3.05, 3.63) is 28.8 Å². The third kappa shape index (κ3) is 4.06. The maximum atomic E-state index is 12.5. The summed E-state index contributed by atoms with van der Waals surface area (Å²) < 4.78 is 10.7. The van der Waals surface area contributed by atoms with Crippen molar-refractivity contribution in [2.75, 3.05) is 32.6 Å². The minimum Gasteiger partial charge on any atom is -0.493 e. The van der Waals surface area contributed by atoms with Gasteiger partial charge in [0, 0.05) is 12.0 Å². The zero-order chi connectivity index (χ0) is 18.8. The van der Waals surface area contributed by atoms with Crippen LogP contribution in [0.15, 0.2) is 18.2 Å². The lowest BCUT2D eigenvalue weighted by Gasteiger charge is -2.24. The van der Waals surface area contributed by atoms with E-state index < -0.39 is 0 Å². The number of aromatic nitrogens is 2. The molecular weight excluding hydrogens is 364 g/mol. The summed E-state index contributed by atoms with van der Waals surface area (Å²) in [4.78, 5) is 14.7. The molecule has 2 aromatic rings. The lowest BCUT2D eigenvalue weighted by molar-refractivity contribution is -0.117. The van der Waals surface area contributed by atoms with Gasteiger partial charge in [-0.2, -0.15) is 0 Å². The van der Waals surface area contributed by atoms with Gasteiger partial charge >= 0.3 is 0 Å². The number of rotatable bonds is 7. The predicted molar refractivity (Wildman–Crippen MR) is 104 cm³/mol. The average Bonchev–Trinajstić information content (AvgIpc) is 3.26. The lowest BCUT2D eigenvalue weighted by Crippen LogP contribution is -2.32. The molecule has 4 rings (SSSR count). The van der Waals surface area contributed by atoms with Gasteiger partial charge in [0.1, 0.15) is 5.01 Å². The van der Waals surface area contributed by atoms with Gasteiger partial charge in [-0.3, -0.25) is 15.0 Å². The van der Waals surface area contributed by atoms with Crippen LogP contribution >= 0.6 is 11.3 Å². The first-order chi connectivity index (χ1) is 13.2. The number of anilines is 1. The van der Waals surface area contributed by atoms with Crippen molar-refractivity contribution >= 4 is 22.4 Å². The highest BCUT2D eigenvalue weighted by Crippen LogP contribution is 2.42. The molecule has 27 heavy (non-hydrogen) atoms. The second-order valence-corrected chi connectivity index (χ2v) is 8.02. The first kappa shape index (κ1) is 18.2. The topological polar surface area (TPSA) is 76.6 Å². The van der Waals surface area contributed by atoms with Crippen LogP contribution in [0.3, 0.4) is 0 Å². The number of methoxy groups -OCH3 is 2. The largest absolute Gasteiger partial charge is 0.493 e. The summed E-state index contributed by atoms with van der Waals surface area (Å²) in [6.45, 7) is 1.24. The summed E-state index contributed by atoms with van der Waals surface area (Å²) in [6, 6.07) is 6.18. The fourth-order valence-corrected chi connectivity index (χ4v) is 4.51. The lowest BCUT2D eigenvalue weighted by atomic mass is 10.0. The molecule has 1 aromatic heterocycles. The Bertz CT molecular complexity index is 821. The quantitative estimate of drug-likeness (QED) is 0.785. The molecule has 144 valence electrons. The third-order valence-electron chi connectivity index (χ3n) is 5.12. The van der Waals surface area contributed by atoms with Gasteiger partial charge in [0.05, 0.1) is 20.8 Å². The van der Waals surface area contributed by atoms with E-state index in [-0.39, 0.29) is 11.9 Å². The highest BCUT2D eigenvalue weighted by atomic mass is 32.1. The number of amides is 1. The van der Waals surface area contributed by atoms with E-state index in [2.05, 4.69) is 26.5 Å². The Labute approximate surface area is 162 Å². The smallest absolute Gasteiger partial charge is 0.240 e. The molecule has 1 amide bonds. The Morgan fingerprint density at radius 2 is 2.04 bits per heavy atom. The standard InChI is InChI=1S/C19H24N4O3S/c1-25-15-8-7-13(10-16(15)26-2)14-4-3-9-23(14)11-17(24)20-19-22-21-18(27-19)12-5-6-12/h7-8,10,12,14H,3-6,9,11H2,1-2H3,(H,20,22,24). The number of likely N-dealkylation sites (tertiary alicyclic amines) is 1. The number of carbonyl (C=O) groups is 1. The molecule has 1 aromatic carbocycles. The Hall–Kier alpha value is -2.19. The third-order valence-corrected chi connectivity index (χ3v) is 6.12. The van der Waals surface area contributed by atoms with E-state index in [0.29, 0.717) is 29.1 Å². The SMILES string of the molecule is COc1ccc(C2CCCN2CC(=O)Nc2nnc(C3CC3)s2)cc1OC. The highest BCUT2D eigenvalue weighted by Gasteiger charge is 2.30. The first-order valence-electron chi connectivity index (χ1n) is 9.27. The molecule has 1 saturated carbocycles.